The first-order valence-corrected chi connectivity index (χ1v) is 9.36. The maximum Gasteiger partial charge on any atom is 0.108 e. The van der Waals surface area contributed by atoms with Crippen molar-refractivity contribution < 1.29 is 0 Å². The molecule has 0 aliphatic heterocycles. The van der Waals surface area contributed by atoms with E-state index in [0.717, 1.165) is 0 Å². The van der Waals surface area contributed by atoms with Gasteiger partial charge in [0.05, 0.1) is 0 Å². The zero-order valence-electron chi connectivity index (χ0n) is 11.6. The van der Waals surface area contributed by atoms with Crippen LogP contribution in [0.15, 0.2) is 46.7 Å². The van der Waals surface area contributed by atoms with Crippen LogP contribution >= 0.6 is 0 Å². The van der Waals surface area contributed by atoms with Crippen molar-refractivity contribution in [2.75, 3.05) is 0 Å². The fourth-order valence-electron chi connectivity index (χ4n) is 2.78. The Bertz CT molecular complexity index is 487. The second-order valence-corrected chi connectivity index (χ2v) is 10.3. The Kier molecular flexibility index (Phi) is 3.13. The lowest BCUT2D eigenvalue weighted by Gasteiger charge is -2.26. The molecule has 0 saturated carbocycles. The first kappa shape index (κ1) is 12.4. The van der Waals surface area contributed by atoms with Crippen molar-refractivity contribution in [2.24, 2.45) is 0 Å². The predicted molar refractivity (Wildman–Crippen MR) is 79.4 cm³/mol. The van der Waals surface area contributed by atoms with Gasteiger partial charge in [0.15, 0.2) is 0 Å². The van der Waals surface area contributed by atoms with Crippen LogP contribution in [0.5, 0.6) is 0 Å². The van der Waals surface area contributed by atoms with Gasteiger partial charge in [0, 0.05) is 0 Å². The van der Waals surface area contributed by atoms with Crippen molar-refractivity contribution in [3.8, 4) is 0 Å². The number of aryl methyl sites for hydroxylation is 1. The fourth-order valence-corrected chi connectivity index (χ4v) is 5.91. The molecule has 0 heterocycles. The van der Waals surface area contributed by atoms with Gasteiger partial charge >= 0.3 is 0 Å². The summed E-state index contributed by atoms with van der Waals surface area (Å²) in [6, 6.07) is 9.15. The van der Waals surface area contributed by atoms with E-state index < -0.39 is 8.07 Å². The number of benzene rings is 1. The predicted octanol–water partition coefficient (Wildman–Crippen LogP) is 4.12. The summed E-state index contributed by atoms with van der Waals surface area (Å²) in [7, 11) is -1.45. The minimum Gasteiger partial charge on any atom is -0.0694 e. The summed E-state index contributed by atoms with van der Waals surface area (Å²) in [5, 5.41) is 3.26. The molecular formula is C16H22Si. The number of allylic oxidation sites excluding steroid dienone is 4. The summed E-state index contributed by atoms with van der Waals surface area (Å²) >= 11 is 0. The normalized spacial score (nSPS) is 16.4. The van der Waals surface area contributed by atoms with Crippen LogP contribution in [-0.4, -0.2) is 8.07 Å². The van der Waals surface area contributed by atoms with Gasteiger partial charge in [-0.15, -0.1) is 0 Å². The van der Waals surface area contributed by atoms with E-state index in [9.17, 15) is 0 Å². The fraction of sp³-hybridized carbons (Fsp3) is 0.375. The minimum atomic E-state index is -1.45. The van der Waals surface area contributed by atoms with Gasteiger partial charge in [-0.1, -0.05) is 70.5 Å². The molecule has 1 aromatic rings. The van der Waals surface area contributed by atoms with Gasteiger partial charge in [-0.3, -0.25) is 0 Å². The van der Waals surface area contributed by atoms with Crippen molar-refractivity contribution in [2.45, 2.75) is 40.3 Å². The second kappa shape index (κ2) is 4.30. The van der Waals surface area contributed by atoms with E-state index in [2.05, 4.69) is 64.2 Å². The summed E-state index contributed by atoms with van der Waals surface area (Å²) in [5.41, 5.74) is 4.38. The van der Waals surface area contributed by atoms with Crippen molar-refractivity contribution in [1.29, 1.82) is 0 Å². The molecule has 0 amide bonds. The Morgan fingerprint density at radius 2 is 1.53 bits per heavy atom. The number of hydrogen-bond acceptors (Lipinski definition) is 0. The van der Waals surface area contributed by atoms with Crippen LogP contribution in [-0.2, 0) is 0 Å². The van der Waals surface area contributed by atoms with Gasteiger partial charge in [-0.25, -0.2) is 0 Å². The molecule has 0 fully saturated rings. The van der Waals surface area contributed by atoms with Gasteiger partial charge in [-0.05, 0) is 27.2 Å². The lowest BCUT2D eigenvalue weighted by molar-refractivity contribution is 1.21. The summed E-state index contributed by atoms with van der Waals surface area (Å²) in [6.45, 7) is 11.6. The molecule has 0 N–H and O–H groups in total. The van der Waals surface area contributed by atoms with Gasteiger partial charge in [0.25, 0.3) is 0 Å². The Hall–Kier alpha value is -1.08. The highest BCUT2D eigenvalue weighted by molar-refractivity contribution is 6.95. The average molecular weight is 242 g/mol. The largest absolute Gasteiger partial charge is 0.108 e. The number of rotatable bonds is 2. The Balaban J connectivity index is 2.38. The SMILES string of the molecule is CC1=CC(C)=C([Si](C)(C)c2ccc(C)cc2)C1. The number of hydrogen-bond donors (Lipinski definition) is 0. The van der Waals surface area contributed by atoms with Crippen LogP contribution in [0.1, 0.15) is 25.8 Å². The molecule has 1 aromatic carbocycles. The molecule has 1 aliphatic carbocycles. The Labute approximate surface area is 106 Å². The lowest BCUT2D eigenvalue weighted by Crippen LogP contribution is -2.43. The van der Waals surface area contributed by atoms with Crippen LogP contribution in [0.4, 0.5) is 0 Å². The van der Waals surface area contributed by atoms with Crippen LogP contribution in [0.25, 0.3) is 0 Å². The molecule has 0 unspecified atom stereocenters. The first-order chi connectivity index (χ1) is 7.91. The standard InChI is InChI=1S/C16H22Si/c1-12-6-8-15(9-7-12)17(4,5)16-11-13(2)10-14(16)3/h6-10H,11H2,1-5H3. The van der Waals surface area contributed by atoms with Gasteiger partial charge in [0.2, 0.25) is 0 Å². The molecule has 90 valence electrons. The summed E-state index contributed by atoms with van der Waals surface area (Å²) < 4.78 is 0. The van der Waals surface area contributed by atoms with Gasteiger partial charge in [-0.2, -0.15) is 0 Å². The second-order valence-electron chi connectivity index (χ2n) is 5.82. The summed E-state index contributed by atoms with van der Waals surface area (Å²) in [6.07, 6.45) is 3.55. The molecule has 17 heavy (non-hydrogen) atoms. The van der Waals surface area contributed by atoms with E-state index in [1.165, 1.54) is 23.1 Å². The highest BCUT2D eigenvalue weighted by Crippen LogP contribution is 2.31. The Morgan fingerprint density at radius 1 is 0.941 bits per heavy atom. The summed E-state index contributed by atoms with van der Waals surface area (Å²) in [4.78, 5) is 0. The molecule has 2 rings (SSSR count). The van der Waals surface area contributed by atoms with E-state index in [-0.39, 0.29) is 0 Å². The minimum absolute atomic E-state index is 1.19. The molecule has 0 saturated heterocycles. The van der Waals surface area contributed by atoms with E-state index in [0.29, 0.717) is 0 Å². The van der Waals surface area contributed by atoms with E-state index in [1.54, 1.807) is 10.4 Å². The lowest BCUT2D eigenvalue weighted by atomic mass is 10.2. The van der Waals surface area contributed by atoms with Gasteiger partial charge in [0.1, 0.15) is 8.07 Å². The third-order valence-electron chi connectivity index (χ3n) is 3.92. The maximum absolute atomic E-state index is 2.48. The quantitative estimate of drug-likeness (QED) is 0.685. The van der Waals surface area contributed by atoms with Crippen molar-refractivity contribution in [3.05, 3.63) is 52.2 Å². The molecule has 0 radical (unpaired) electrons. The molecular weight excluding hydrogens is 220 g/mol. The van der Waals surface area contributed by atoms with Crippen molar-refractivity contribution >= 4 is 13.3 Å². The third-order valence-corrected chi connectivity index (χ3v) is 7.78. The Morgan fingerprint density at radius 3 is 2.00 bits per heavy atom. The van der Waals surface area contributed by atoms with Crippen LogP contribution in [0.3, 0.4) is 0 Å². The monoisotopic (exact) mass is 242 g/mol. The van der Waals surface area contributed by atoms with Crippen molar-refractivity contribution in [1.82, 2.24) is 0 Å². The van der Waals surface area contributed by atoms with Gasteiger partial charge < -0.3 is 0 Å². The topological polar surface area (TPSA) is 0 Å². The molecule has 0 bridgehead atoms. The van der Waals surface area contributed by atoms with E-state index >= 15 is 0 Å². The van der Waals surface area contributed by atoms with E-state index in [4.69, 9.17) is 0 Å². The maximum atomic E-state index is 2.48. The zero-order valence-corrected chi connectivity index (χ0v) is 12.6. The molecule has 0 spiro atoms. The first-order valence-electron chi connectivity index (χ1n) is 6.36. The van der Waals surface area contributed by atoms with Crippen molar-refractivity contribution in [3.63, 3.8) is 0 Å². The molecule has 1 heteroatoms. The molecule has 0 atom stereocenters. The molecule has 0 aromatic heterocycles. The van der Waals surface area contributed by atoms with E-state index in [1.807, 2.05) is 0 Å². The third kappa shape index (κ3) is 2.30. The van der Waals surface area contributed by atoms with Crippen LogP contribution < -0.4 is 5.19 Å². The highest BCUT2D eigenvalue weighted by atomic mass is 28.3. The van der Waals surface area contributed by atoms with Crippen LogP contribution in [0, 0.1) is 6.92 Å². The average Bonchev–Trinajstić information content (AvgIpc) is 2.59. The highest BCUT2D eigenvalue weighted by Gasteiger charge is 2.31. The smallest absolute Gasteiger partial charge is 0.0694 e. The molecule has 0 nitrogen and oxygen atoms in total. The summed E-state index contributed by atoms with van der Waals surface area (Å²) in [5.74, 6) is 0. The van der Waals surface area contributed by atoms with Crippen LogP contribution in [0.2, 0.25) is 13.1 Å². The zero-order chi connectivity index (χ0) is 12.6. The molecule has 1 aliphatic rings.